The lowest BCUT2D eigenvalue weighted by atomic mass is 10.1. The van der Waals surface area contributed by atoms with Crippen LogP contribution < -0.4 is 19.1 Å². The highest BCUT2D eigenvalue weighted by molar-refractivity contribution is 7.22. The number of amides is 1. The van der Waals surface area contributed by atoms with Crippen molar-refractivity contribution in [2.45, 2.75) is 27.3 Å². The van der Waals surface area contributed by atoms with E-state index in [1.807, 2.05) is 49.7 Å². The van der Waals surface area contributed by atoms with Gasteiger partial charge in [0.1, 0.15) is 11.3 Å². The SMILES string of the molecule is CCOc1cccc2sc(N(CCn3nc(C)cc3C)C(=O)c3ccc(OC)c(OC)c3)nc12. The number of aromatic nitrogens is 3. The van der Waals surface area contributed by atoms with Gasteiger partial charge < -0.3 is 14.2 Å². The largest absolute Gasteiger partial charge is 0.493 e. The summed E-state index contributed by atoms with van der Waals surface area (Å²) in [4.78, 5) is 20.2. The zero-order chi connectivity index (χ0) is 24.2. The van der Waals surface area contributed by atoms with Crippen LogP contribution in [-0.2, 0) is 6.54 Å². The summed E-state index contributed by atoms with van der Waals surface area (Å²) in [6, 6.07) is 13.0. The maximum atomic E-state index is 13.7. The van der Waals surface area contributed by atoms with Crippen molar-refractivity contribution in [2.24, 2.45) is 0 Å². The van der Waals surface area contributed by atoms with Gasteiger partial charge in [0.2, 0.25) is 0 Å². The molecule has 0 bridgehead atoms. The summed E-state index contributed by atoms with van der Waals surface area (Å²) >= 11 is 1.46. The van der Waals surface area contributed by atoms with Gasteiger partial charge in [-0.1, -0.05) is 17.4 Å². The number of carbonyl (C=O) groups is 1. The molecule has 0 N–H and O–H groups in total. The number of benzene rings is 2. The Morgan fingerprint density at radius 2 is 1.85 bits per heavy atom. The molecule has 9 heteroatoms. The monoisotopic (exact) mass is 480 g/mol. The van der Waals surface area contributed by atoms with E-state index in [1.165, 1.54) is 11.3 Å². The predicted molar refractivity (Wildman–Crippen MR) is 134 cm³/mol. The molecule has 0 aliphatic rings. The van der Waals surface area contributed by atoms with Gasteiger partial charge in [0.05, 0.1) is 37.8 Å². The molecule has 0 atom stereocenters. The molecule has 34 heavy (non-hydrogen) atoms. The van der Waals surface area contributed by atoms with Crippen molar-refractivity contribution in [1.29, 1.82) is 0 Å². The normalized spacial score (nSPS) is 11.0. The van der Waals surface area contributed by atoms with E-state index in [0.29, 0.717) is 47.6 Å². The number of nitrogens with zero attached hydrogens (tertiary/aromatic N) is 4. The standard InChI is InChI=1S/C25H28N4O4S/c1-6-33-20-8-7-9-22-23(20)26-25(34-22)28(12-13-29-17(3)14-16(2)27-29)24(30)18-10-11-19(31-4)21(15-18)32-5/h7-11,14-15H,6,12-13H2,1-5H3. The van der Waals surface area contributed by atoms with Crippen LogP contribution in [0.5, 0.6) is 17.2 Å². The zero-order valence-electron chi connectivity index (χ0n) is 20.0. The summed E-state index contributed by atoms with van der Waals surface area (Å²) in [5.41, 5.74) is 3.21. The molecule has 0 fully saturated rings. The number of rotatable bonds is 9. The van der Waals surface area contributed by atoms with Gasteiger partial charge in [0.15, 0.2) is 16.6 Å². The summed E-state index contributed by atoms with van der Waals surface area (Å²) in [5, 5.41) is 5.14. The van der Waals surface area contributed by atoms with Crippen molar-refractivity contribution < 1.29 is 19.0 Å². The summed E-state index contributed by atoms with van der Waals surface area (Å²) < 4.78 is 19.4. The first-order valence-electron chi connectivity index (χ1n) is 11.0. The molecule has 8 nitrogen and oxygen atoms in total. The number of carbonyl (C=O) groups excluding carboxylic acids is 1. The molecule has 0 saturated carbocycles. The minimum Gasteiger partial charge on any atom is -0.493 e. The van der Waals surface area contributed by atoms with Crippen LogP contribution in [0.25, 0.3) is 10.2 Å². The Balaban J connectivity index is 1.74. The molecule has 0 aliphatic carbocycles. The van der Waals surface area contributed by atoms with E-state index in [2.05, 4.69) is 5.10 Å². The van der Waals surface area contributed by atoms with Crippen LogP contribution >= 0.6 is 11.3 Å². The zero-order valence-corrected chi connectivity index (χ0v) is 20.8. The summed E-state index contributed by atoms with van der Waals surface area (Å²) in [6.07, 6.45) is 0. The van der Waals surface area contributed by atoms with E-state index in [0.717, 1.165) is 21.6 Å². The summed E-state index contributed by atoms with van der Waals surface area (Å²) in [5.74, 6) is 1.59. The highest BCUT2D eigenvalue weighted by atomic mass is 32.1. The van der Waals surface area contributed by atoms with Crippen molar-refractivity contribution in [3.05, 3.63) is 59.4 Å². The van der Waals surface area contributed by atoms with Gasteiger partial charge in [-0.3, -0.25) is 14.4 Å². The third-order valence-electron chi connectivity index (χ3n) is 5.42. The van der Waals surface area contributed by atoms with Crippen LogP contribution in [0.3, 0.4) is 0 Å². The number of para-hydroxylation sites is 1. The molecule has 4 aromatic rings. The van der Waals surface area contributed by atoms with E-state index >= 15 is 0 Å². The highest BCUT2D eigenvalue weighted by Gasteiger charge is 2.24. The number of fused-ring (bicyclic) bond motifs is 1. The lowest BCUT2D eigenvalue weighted by Gasteiger charge is -2.21. The number of aryl methyl sites for hydroxylation is 2. The fourth-order valence-electron chi connectivity index (χ4n) is 3.80. The number of hydrogen-bond donors (Lipinski definition) is 0. The Hall–Kier alpha value is -3.59. The van der Waals surface area contributed by atoms with Gasteiger partial charge in [0, 0.05) is 17.8 Å². The first-order valence-corrected chi connectivity index (χ1v) is 11.8. The highest BCUT2D eigenvalue weighted by Crippen LogP contribution is 2.35. The molecule has 2 aromatic heterocycles. The molecular weight excluding hydrogens is 452 g/mol. The van der Waals surface area contributed by atoms with Gasteiger partial charge in [-0.15, -0.1) is 0 Å². The Morgan fingerprint density at radius 1 is 1.06 bits per heavy atom. The van der Waals surface area contributed by atoms with Gasteiger partial charge in [-0.2, -0.15) is 5.10 Å². The van der Waals surface area contributed by atoms with Gasteiger partial charge in [0.25, 0.3) is 5.91 Å². The minimum absolute atomic E-state index is 0.181. The van der Waals surface area contributed by atoms with Crippen molar-refractivity contribution in [1.82, 2.24) is 14.8 Å². The first-order chi connectivity index (χ1) is 16.4. The van der Waals surface area contributed by atoms with Gasteiger partial charge in [-0.05, 0) is 57.2 Å². The Morgan fingerprint density at radius 3 is 2.53 bits per heavy atom. The number of thiazole rings is 1. The second-order valence-corrected chi connectivity index (χ2v) is 8.72. The van der Waals surface area contributed by atoms with Crippen LogP contribution in [0.2, 0.25) is 0 Å². The maximum Gasteiger partial charge on any atom is 0.260 e. The lowest BCUT2D eigenvalue weighted by Crippen LogP contribution is -2.34. The summed E-state index contributed by atoms with van der Waals surface area (Å²) in [7, 11) is 3.12. The Bertz CT molecular complexity index is 1310. The quantitative estimate of drug-likeness (QED) is 0.340. The molecule has 4 rings (SSSR count). The Kier molecular flexibility index (Phi) is 7.02. The topological polar surface area (TPSA) is 78.7 Å². The minimum atomic E-state index is -0.181. The van der Waals surface area contributed by atoms with E-state index in [-0.39, 0.29) is 5.91 Å². The number of ether oxygens (including phenoxy) is 3. The number of anilines is 1. The van der Waals surface area contributed by atoms with E-state index in [4.69, 9.17) is 19.2 Å². The van der Waals surface area contributed by atoms with Crippen LogP contribution in [0.1, 0.15) is 28.7 Å². The fourth-order valence-corrected chi connectivity index (χ4v) is 4.81. The maximum absolute atomic E-state index is 13.7. The molecular formula is C25H28N4O4S. The van der Waals surface area contributed by atoms with E-state index in [9.17, 15) is 4.79 Å². The molecule has 1 amide bonds. The van der Waals surface area contributed by atoms with Crippen molar-refractivity contribution in [3.8, 4) is 17.2 Å². The second-order valence-electron chi connectivity index (χ2n) is 7.71. The number of methoxy groups -OCH3 is 2. The first kappa shape index (κ1) is 23.6. The molecule has 0 radical (unpaired) electrons. The van der Waals surface area contributed by atoms with E-state index in [1.54, 1.807) is 37.3 Å². The molecule has 0 aliphatic heterocycles. The second kappa shape index (κ2) is 10.1. The van der Waals surface area contributed by atoms with Gasteiger partial charge in [-0.25, -0.2) is 4.98 Å². The number of hydrogen-bond acceptors (Lipinski definition) is 7. The third-order valence-corrected chi connectivity index (χ3v) is 6.46. The van der Waals surface area contributed by atoms with Crippen LogP contribution in [0, 0.1) is 13.8 Å². The Labute approximate surface area is 202 Å². The van der Waals surface area contributed by atoms with Crippen molar-refractivity contribution in [2.75, 3.05) is 32.3 Å². The molecule has 2 aromatic carbocycles. The molecule has 0 unspecified atom stereocenters. The van der Waals surface area contributed by atoms with Crippen LogP contribution in [0.4, 0.5) is 5.13 Å². The van der Waals surface area contributed by atoms with Crippen LogP contribution in [0.15, 0.2) is 42.5 Å². The average molecular weight is 481 g/mol. The smallest absolute Gasteiger partial charge is 0.260 e. The molecule has 0 spiro atoms. The van der Waals surface area contributed by atoms with Crippen molar-refractivity contribution in [3.63, 3.8) is 0 Å². The van der Waals surface area contributed by atoms with Gasteiger partial charge >= 0.3 is 0 Å². The predicted octanol–water partition coefficient (Wildman–Crippen LogP) is 4.87. The van der Waals surface area contributed by atoms with E-state index < -0.39 is 0 Å². The molecule has 0 saturated heterocycles. The average Bonchev–Trinajstić information content (AvgIpc) is 3.41. The summed E-state index contributed by atoms with van der Waals surface area (Å²) in [6.45, 7) is 7.38. The molecule has 178 valence electrons. The molecule has 2 heterocycles. The third kappa shape index (κ3) is 4.70. The van der Waals surface area contributed by atoms with Crippen LogP contribution in [-0.4, -0.2) is 48.0 Å². The lowest BCUT2D eigenvalue weighted by molar-refractivity contribution is 0.0985. The van der Waals surface area contributed by atoms with Crippen molar-refractivity contribution >= 4 is 32.6 Å². The fraction of sp³-hybridized carbons (Fsp3) is 0.320.